The van der Waals surface area contributed by atoms with Gasteiger partial charge in [-0.25, -0.2) is 0 Å². The SMILES string of the molecule is O=C(C1CC(=O)N(C2CCC2)C1)N1CCOCC1. The molecule has 2 heterocycles. The molecule has 0 aromatic heterocycles. The summed E-state index contributed by atoms with van der Waals surface area (Å²) in [5.74, 6) is 0.205. The van der Waals surface area contributed by atoms with Crippen LogP contribution in [-0.2, 0) is 14.3 Å². The molecule has 2 amide bonds. The molecule has 1 atom stereocenters. The van der Waals surface area contributed by atoms with Crippen molar-refractivity contribution >= 4 is 11.8 Å². The van der Waals surface area contributed by atoms with Gasteiger partial charge in [-0.1, -0.05) is 0 Å². The number of morpholine rings is 1. The van der Waals surface area contributed by atoms with Crippen LogP contribution in [0.3, 0.4) is 0 Å². The summed E-state index contributed by atoms with van der Waals surface area (Å²) >= 11 is 0. The molecule has 2 saturated heterocycles. The van der Waals surface area contributed by atoms with E-state index in [4.69, 9.17) is 4.74 Å². The van der Waals surface area contributed by atoms with Gasteiger partial charge in [0.25, 0.3) is 0 Å². The minimum Gasteiger partial charge on any atom is -0.378 e. The van der Waals surface area contributed by atoms with Gasteiger partial charge in [-0.2, -0.15) is 0 Å². The number of carbonyl (C=O) groups is 2. The first-order valence-electron chi connectivity index (χ1n) is 6.91. The maximum absolute atomic E-state index is 12.3. The van der Waals surface area contributed by atoms with E-state index in [1.54, 1.807) is 0 Å². The minimum atomic E-state index is -0.115. The highest BCUT2D eigenvalue weighted by molar-refractivity contribution is 5.89. The normalized spacial score (nSPS) is 29.6. The quantitative estimate of drug-likeness (QED) is 0.707. The molecule has 0 N–H and O–H groups in total. The van der Waals surface area contributed by atoms with Crippen molar-refractivity contribution in [2.45, 2.75) is 31.7 Å². The Hall–Kier alpha value is -1.10. The molecular weight excluding hydrogens is 232 g/mol. The molecule has 3 fully saturated rings. The molecule has 0 radical (unpaired) electrons. The lowest BCUT2D eigenvalue weighted by atomic mass is 9.92. The van der Waals surface area contributed by atoms with Crippen molar-refractivity contribution in [2.75, 3.05) is 32.8 Å². The predicted molar refractivity (Wildman–Crippen MR) is 64.9 cm³/mol. The molecular formula is C13H20N2O3. The van der Waals surface area contributed by atoms with E-state index >= 15 is 0 Å². The Labute approximate surface area is 107 Å². The fourth-order valence-electron chi connectivity index (χ4n) is 2.99. The van der Waals surface area contributed by atoms with E-state index in [0.717, 1.165) is 12.8 Å². The highest BCUT2D eigenvalue weighted by Gasteiger charge is 2.41. The summed E-state index contributed by atoms with van der Waals surface area (Å²) in [5, 5.41) is 0. The first kappa shape index (κ1) is 12.0. The molecule has 18 heavy (non-hydrogen) atoms. The second kappa shape index (κ2) is 4.88. The smallest absolute Gasteiger partial charge is 0.228 e. The maximum Gasteiger partial charge on any atom is 0.228 e. The number of hydrogen-bond donors (Lipinski definition) is 0. The lowest BCUT2D eigenvalue weighted by Gasteiger charge is -2.35. The molecule has 0 aromatic rings. The van der Waals surface area contributed by atoms with Crippen molar-refractivity contribution in [3.63, 3.8) is 0 Å². The minimum absolute atomic E-state index is 0.115. The monoisotopic (exact) mass is 252 g/mol. The van der Waals surface area contributed by atoms with E-state index in [9.17, 15) is 9.59 Å². The molecule has 100 valence electrons. The molecule has 0 bridgehead atoms. The third-order valence-electron chi connectivity index (χ3n) is 4.35. The second-order valence-electron chi connectivity index (χ2n) is 5.47. The molecule has 5 heteroatoms. The third-order valence-corrected chi connectivity index (χ3v) is 4.35. The van der Waals surface area contributed by atoms with Crippen LogP contribution in [0.25, 0.3) is 0 Å². The fraction of sp³-hybridized carbons (Fsp3) is 0.846. The summed E-state index contributed by atoms with van der Waals surface area (Å²) in [7, 11) is 0. The highest BCUT2D eigenvalue weighted by Crippen LogP contribution is 2.31. The highest BCUT2D eigenvalue weighted by atomic mass is 16.5. The number of carbonyl (C=O) groups excluding carboxylic acids is 2. The van der Waals surface area contributed by atoms with Crippen molar-refractivity contribution in [3.8, 4) is 0 Å². The third kappa shape index (κ3) is 2.11. The van der Waals surface area contributed by atoms with Gasteiger partial charge in [-0.15, -0.1) is 0 Å². The van der Waals surface area contributed by atoms with Crippen LogP contribution in [0.2, 0.25) is 0 Å². The predicted octanol–water partition coefficient (Wildman–Crippen LogP) is 0.246. The van der Waals surface area contributed by atoms with Crippen molar-refractivity contribution in [3.05, 3.63) is 0 Å². The van der Waals surface area contributed by atoms with E-state index in [1.165, 1.54) is 6.42 Å². The van der Waals surface area contributed by atoms with E-state index in [0.29, 0.717) is 45.3 Å². The molecule has 2 aliphatic heterocycles. The van der Waals surface area contributed by atoms with Crippen LogP contribution in [0.1, 0.15) is 25.7 Å². The van der Waals surface area contributed by atoms with Crippen molar-refractivity contribution in [1.82, 2.24) is 9.80 Å². The fourth-order valence-corrected chi connectivity index (χ4v) is 2.99. The number of rotatable bonds is 2. The lowest BCUT2D eigenvalue weighted by Crippen LogP contribution is -2.45. The molecule has 1 saturated carbocycles. The van der Waals surface area contributed by atoms with E-state index < -0.39 is 0 Å². The van der Waals surface area contributed by atoms with Crippen LogP contribution in [0.15, 0.2) is 0 Å². The molecule has 0 aromatic carbocycles. The summed E-state index contributed by atoms with van der Waals surface area (Å²) in [6.45, 7) is 3.23. The zero-order chi connectivity index (χ0) is 12.5. The van der Waals surface area contributed by atoms with E-state index in [2.05, 4.69) is 0 Å². The molecule has 1 aliphatic carbocycles. The van der Waals surface area contributed by atoms with Crippen LogP contribution in [0, 0.1) is 5.92 Å². The number of nitrogens with zero attached hydrogens (tertiary/aromatic N) is 2. The lowest BCUT2D eigenvalue weighted by molar-refractivity contribution is -0.139. The van der Waals surface area contributed by atoms with Crippen LogP contribution in [0.5, 0.6) is 0 Å². The average Bonchev–Trinajstić information content (AvgIpc) is 2.70. The number of amides is 2. The summed E-state index contributed by atoms with van der Waals surface area (Å²) in [5.41, 5.74) is 0. The zero-order valence-corrected chi connectivity index (χ0v) is 10.6. The molecule has 1 unspecified atom stereocenters. The van der Waals surface area contributed by atoms with Crippen molar-refractivity contribution in [2.24, 2.45) is 5.92 Å². The van der Waals surface area contributed by atoms with Gasteiger partial charge in [-0.3, -0.25) is 9.59 Å². The maximum atomic E-state index is 12.3. The zero-order valence-electron chi connectivity index (χ0n) is 10.6. The Balaban J connectivity index is 1.59. The van der Waals surface area contributed by atoms with E-state index in [1.807, 2.05) is 9.80 Å². The largest absolute Gasteiger partial charge is 0.378 e. The van der Waals surface area contributed by atoms with E-state index in [-0.39, 0.29) is 17.7 Å². The summed E-state index contributed by atoms with van der Waals surface area (Å²) < 4.78 is 5.25. The molecule has 0 spiro atoms. The van der Waals surface area contributed by atoms with Crippen LogP contribution in [-0.4, -0.2) is 60.5 Å². The van der Waals surface area contributed by atoms with Gasteiger partial charge < -0.3 is 14.5 Å². The van der Waals surface area contributed by atoms with Crippen LogP contribution >= 0.6 is 0 Å². The van der Waals surface area contributed by atoms with Crippen LogP contribution in [0.4, 0.5) is 0 Å². The second-order valence-corrected chi connectivity index (χ2v) is 5.47. The Morgan fingerprint density at radius 3 is 2.56 bits per heavy atom. The number of ether oxygens (including phenoxy) is 1. The first-order chi connectivity index (χ1) is 8.75. The standard InChI is InChI=1S/C13H20N2O3/c16-12-8-10(9-15(12)11-2-1-3-11)13(17)14-4-6-18-7-5-14/h10-11H,1-9H2. The summed E-state index contributed by atoms with van der Waals surface area (Å²) in [6.07, 6.45) is 3.86. The van der Waals surface area contributed by atoms with Crippen LogP contribution < -0.4 is 0 Å². The summed E-state index contributed by atoms with van der Waals surface area (Å²) in [6, 6.07) is 0.417. The van der Waals surface area contributed by atoms with Gasteiger partial charge in [0.2, 0.25) is 11.8 Å². The van der Waals surface area contributed by atoms with Crippen molar-refractivity contribution in [1.29, 1.82) is 0 Å². The van der Waals surface area contributed by atoms with Gasteiger partial charge in [-0.05, 0) is 19.3 Å². The van der Waals surface area contributed by atoms with Gasteiger partial charge >= 0.3 is 0 Å². The Kier molecular flexibility index (Phi) is 3.24. The Bertz CT molecular complexity index is 348. The molecule has 3 aliphatic rings. The topological polar surface area (TPSA) is 49.9 Å². The van der Waals surface area contributed by atoms with Gasteiger partial charge in [0.15, 0.2) is 0 Å². The van der Waals surface area contributed by atoms with Gasteiger partial charge in [0.05, 0.1) is 19.1 Å². The molecule has 5 nitrogen and oxygen atoms in total. The average molecular weight is 252 g/mol. The number of hydrogen-bond acceptors (Lipinski definition) is 3. The first-order valence-corrected chi connectivity index (χ1v) is 6.91. The molecule has 3 rings (SSSR count). The Morgan fingerprint density at radius 2 is 1.94 bits per heavy atom. The van der Waals surface area contributed by atoms with Gasteiger partial charge in [0.1, 0.15) is 0 Å². The number of likely N-dealkylation sites (tertiary alicyclic amines) is 1. The van der Waals surface area contributed by atoms with Crippen molar-refractivity contribution < 1.29 is 14.3 Å². The Morgan fingerprint density at radius 1 is 1.22 bits per heavy atom. The summed E-state index contributed by atoms with van der Waals surface area (Å²) in [4.78, 5) is 28.0. The van der Waals surface area contributed by atoms with Gasteiger partial charge in [0, 0.05) is 32.1 Å².